The smallest absolute Gasteiger partial charge is 0.162 e. The molecule has 0 saturated carbocycles. The first-order valence-electron chi connectivity index (χ1n) is 3.67. The Morgan fingerprint density at radius 3 is 3.09 bits per heavy atom. The number of hydrogen-bond donors (Lipinski definition) is 2. The van der Waals surface area contributed by atoms with Crippen LogP contribution in [0.25, 0.3) is 0 Å². The Hall–Kier alpha value is -0.800. The molecule has 2 atom stereocenters. The molecule has 3 heteroatoms. The second kappa shape index (κ2) is 2.36. The van der Waals surface area contributed by atoms with Gasteiger partial charge in [0.25, 0.3) is 0 Å². The van der Waals surface area contributed by atoms with Crippen LogP contribution < -0.4 is 0 Å². The number of aliphatic hydroxyl groups is 2. The van der Waals surface area contributed by atoms with Gasteiger partial charge in [-0.2, -0.15) is 0 Å². The third kappa shape index (κ3) is 0.968. The van der Waals surface area contributed by atoms with E-state index < -0.39 is 6.29 Å². The van der Waals surface area contributed by atoms with Crippen LogP contribution >= 0.6 is 0 Å². The van der Waals surface area contributed by atoms with Crippen LogP contribution in [0.1, 0.15) is 6.42 Å². The van der Waals surface area contributed by atoms with E-state index >= 15 is 0 Å². The molecule has 2 unspecified atom stereocenters. The molecule has 2 N–H and O–H groups in total. The van der Waals surface area contributed by atoms with Gasteiger partial charge in [0.1, 0.15) is 5.76 Å². The molecule has 0 radical (unpaired) electrons. The van der Waals surface area contributed by atoms with E-state index in [1.54, 1.807) is 6.08 Å². The maximum Gasteiger partial charge on any atom is 0.162 e. The van der Waals surface area contributed by atoms with Crippen molar-refractivity contribution in [2.24, 2.45) is 5.92 Å². The van der Waals surface area contributed by atoms with Crippen molar-refractivity contribution in [2.45, 2.75) is 12.7 Å². The predicted octanol–water partition coefficient (Wildman–Crippen LogP) is 0.723. The van der Waals surface area contributed by atoms with Crippen molar-refractivity contribution >= 4 is 0 Å². The minimum atomic E-state index is -0.725. The number of rotatable bonds is 0. The van der Waals surface area contributed by atoms with Gasteiger partial charge in [0.05, 0.1) is 6.61 Å². The molecule has 0 aromatic rings. The third-order valence-electron chi connectivity index (χ3n) is 2.20. The summed E-state index contributed by atoms with van der Waals surface area (Å²) >= 11 is 0. The number of ether oxygens (including phenoxy) is 1. The van der Waals surface area contributed by atoms with Gasteiger partial charge in [-0.25, -0.2) is 0 Å². The largest absolute Gasteiger partial charge is 0.508 e. The molecule has 1 saturated heterocycles. The first-order valence-corrected chi connectivity index (χ1v) is 3.67. The summed E-state index contributed by atoms with van der Waals surface area (Å²) in [6, 6.07) is 0. The Morgan fingerprint density at radius 1 is 1.55 bits per heavy atom. The van der Waals surface area contributed by atoms with Crippen molar-refractivity contribution in [2.75, 3.05) is 6.61 Å². The highest BCUT2D eigenvalue weighted by Crippen LogP contribution is 2.33. The molecular formula is C8H10O3. The third-order valence-corrected chi connectivity index (χ3v) is 2.20. The van der Waals surface area contributed by atoms with E-state index in [0.717, 1.165) is 12.0 Å². The molecule has 11 heavy (non-hydrogen) atoms. The van der Waals surface area contributed by atoms with E-state index in [9.17, 15) is 10.2 Å². The zero-order valence-corrected chi connectivity index (χ0v) is 6.03. The molecule has 0 aromatic heterocycles. The molecule has 3 nitrogen and oxygen atoms in total. The maximum atomic E-state index is 9.30. The first-order chi connectivity index (χ1) is 5.29. The Kier molecular flexibility index (Phi) is 1.47. The lowest BCUT2D eigenvalue weighted by Gasteiger charge is -2.15. The second-order valence-corrected chi connectivity index (χ2v) is 2.86. The second-order valence-electron chi connectivity index (χ2n) is 2.86. The highest BCUT2D eigenvalue weighted by molar-refractivity contribution is 5.28. The van der Waals surface area contributed by atoms with Gasteiger partial charge in [0.15, 0.2) is 6.29 Å². The Labute approximate surface area is 64.6 Å². The molecule has 0 amide bonds. The van der Waals surface area contributed by atoms with Crippen molar-refractivity contribution in [3.63, 3.8) is 0 Å². The zero-order valence-electron chi connectivity index (χ0n) is 6.03. The van der Waals surface area contributed by atoms with E-state index in [0.29, 0.717) is 6.61 Å². The summed E-state index contributed by atoms with van der Waals surface area (Å²) in [6.45, 7) is 0.363. The van der Waals surface area contributed by atoms with Gasteiger partial charge in [-0.3, -0.25) is 0 Å². The van der Waals surface area contributed by atoms with Gasteiger partial charge in [-0.05, 0) is 12.5 Å². The van der Waals surface area contributed by atoms with Gasteiger partial charge in [0.2, 0.25) is 0 Å². The van der Waals surface area contributed by atoms with Crippen molar-refractivity contribution in [1.29, 1.82) is 0 Å². The lowest BCUT2D eigenvalue weighted by Crippen LogP contribution is -2.16. The van der Waals surface area contributed by atoms with E-state index in [2.05, 4.69) is 0 Å². The van der Waals surface area contributed by atoms with E-state index in [4.69, 9.17) is 4.74 Å². The first kappa shape index (κ1) is 6.88. The average molecular weight is 154 g/mol. The van der Waals surface area contributed by atoms with E-state index in [-0.39, 0.29) is 11.7 Å². The van der Waals surface area contributed by atoms with Gasteiger partial charge in [-0.1, -0.05) is 6.08 Å². The molecular weight excluding hydrogens is 144 g/mol. The van der Waals surface area contributed by atoms with Gasteiger partial charge < -0.3 is 14.9 Å². The molecule has 1 heterocycles. The van der Waals surface area contributed by atoms with Crippen LogP contribution in [-0.4, -0.2) is 23.1 Å². The van der Waals surface area contributed by atoms with E-state index in [1.807, 2.05) is 6.08 Å². The monoisotopic (exact) mass is 154 g/mol. The number of aliphatic hydroxyl groups excluding tert-OH is 2. The van der Waals surface area contributed by atoms with Crippen molar-refractivity contribution in [3.8, 4) is 0 Å². The fourth-order valence-electron chi connectivity index (χ4n) is 1.53. The fraction of sp³-hybridized carbons (Fsp3) is 0.500. The van der Waals surface area contributed by atoms with Gasteiger partial charge in [0, 0.05) is 11.5 Å². The lowest BCUT2D eigenvalue weighted by atomic mass is 9.92. The molecule has 1 fully saturated rings. The molecule has 60 valence electrons. The van der Waals surface area contributed by atoms with Gasteiger partial charge >= 0.3 is 0 Å². The topological polar surface area (TPSA) is 49.7 Å². The van der Waals surface area contributed by atoms with Crippen LogP contribution in [0.3, 0.4) is 0 Å². The quantitative estimate of drug-likeness (QED) is 0.540. The summed E-state index contributed by atoms with van der Waals surface area (Å²) in [6.07, 6.45) is 3.55. The van der Waals surface area contributed by atoms with Crippen molar-refractivity contribution in [1.82, 2.24) is 0 Å². The Bertz CT molecular complexity index is 229. The molecule has 2 rings (SSSR count). The summed E-state index contributed by atoms with van der Waals surface area (Å²) in [7, 11) is 0. The zero-order chi connectivity index (χ0) is 7.84. The Morgan fingerprint density at radius 2 is 2.36 bits per heavy atom. The highest BCUT2D eigenvalue weighted by atomic mass is 16.6. The van der Waals surface area contributed by atoms with Crippen molar-refractivity contribution in [3.05, 3.63) is 23.5 Å². The molecule has 0 spiro atoms. The number of fused-ring (bicyclic) bond motifs is 1. The van der Waals surface area contributed by atoms with Crippen LogP contribution in [0.2, 0.25) is 0 Å². The lowest BCUT2D eigenvalue weighted by molar-refractivity contribution is -0.0813. The standard InChI is InChI=1S/C8H10O3/c9-7-3-1-2-5-6(7)4-11-8(5)10/h1,3,5,8-10H,2,4H2. The van der Waals surface area contributed by atoms with Crippen LogP contribution in [0.15, 0.2) is 23.5 Å². The minimum Gasteiger partial charge on any atom is -0.508 e. The maximum absolute atomic E-state index is 9.30. The fourth-order valence-corrected chi connectivity index (χ4v) is 1.53. The summed E-state index contributed by atoms with van der Waals surface area (Å²) in [4.78, 5) is 0. The molecule has 1 aliphatic heterocycles. The molecule has 1 aliphatic carbocycles. The average Bonchev–Trinajstić information content (AvgIpc) is 2.35. The molecule has 0 bridgehead atoms. The normalized spacial score (nSPS) is 36.1. The van der Waals surface area contributed by atoms with Crippen molar-refractivity contribution < 1.29 is 14.9 Å². The van der Waals surface area contributed by atoms with Crippen LogP contribution in [0.4, 0.5) is 0 Å². The molecule has 2 aliphatic rings. The number of allylic oxidation sites excluding steroid dienone is 2. The predicted molar refractivity (Wildman–Crippen MR) is 38.9 cm³/mol. The Balaban J connectivity index is 2.32. The summed E-state index contributed by atoms with van der Waals surface area (Å²) in [5.41, 5.74) is 0.833. The minimum absolute atomic E-state index is 0.0139. The summed E-state index contributed by atoms with van der Waals surface area (Å²) in [5.74, 6) is 0.248. The number of hydrogen-bond acceptors (Lipinski definition) is 3. The highest BCUT2D eigenvalue weighted by Gasteiger charge is 2.33. The van der Waals surface area contributed by atoms with Crippen LogP contribution in [0.5, 0.6) is 0 Å². The summed E-state index contributed by atoms with van der Waals surface area (Å²) < 4.78 is 4.97. The van der Waals surface area contributed by atoms with Crippen LogP contribution in [-0.2, 0) is 4.74 Å². The van der Waals surface area contributed by atoms with Gasteiger partial charge in [-0.15, -0.1) is 0 Å². The molecule has 0 aromatic carbocycles. The summed E-state index contributed by atoms with van der Waals surface area (Å²) in [5, 5.41) is 18.5. The van der Waals surface area contributed by atoms with E-state index in [1.165, 1.54) is 0 Å². The SMILES string of the molecule is OC1=C2COC(O)C2CC=C1. The van der Waals surface area contributed by atoms with Crippen LogP contribution in [0, 0.1) is 5.92 Å².